The average molecular weight is 163 g/mol. The van der Waals surface area contributed by atoms with Crippen LogP contribution in [-0.4, -0.2) is 31.9 Å². The Morgan fingerprint density at radius 2 is 1.80 bits per heavy atom. The lowest BCUT2D eigenvalue weighted by molar-refractivity contribution is 0.131. The van der Waals surface area contributed by atoms with Crippen molar-refractivity contribution in [2.45, 2.75) is 26.6 Å². The summed E-state index contributed by atoms with van der Waals surface area (Å²) < 4.78 is 5.55. The van der Waals surface area contributed by atoms with E-state index in [1.54, 1.807) is 0 Å². The van der Waals surface area contributed by atoms with Crippen molar-refractivity contribution in [2.75, 3.05) is 26.1 Å². The van der Waals surface area contributed by atoms with Crippen LogP contribution in [0.25, 0.3) is 0 Å². The minimum Gasteiger partial charge on any atom is -0.344 e. The lowest BCUT2D eigenvalue weighted by Crippen LogP contribution is -2.13. The minimum atomic E-state index is -0.753. The fourth-order valence-electron chi connectivity index (χ4n) is 0.700. The number of ether oxygens (including phenoxy) is 1. The van der Waals surface area contributed by atoms with E-state index < -0.39 is 7.26 Å². The number of hydrogen-bond acceptors (Lipinski definition) is 1. The van der Waals surface area contributed by atoms with Crippen LogP contribution in [0.1, 0.15) is 20.8 Å². The molecule has 0 aliphatic carbocycles. The van der Waals surface area contributed by atoms with E-state index in [2.05, 4.69) is 34.1 Å². The summed E-state index contributed by atoms with van der Waals surface area (Å²) in [6.45, 7) is 12.1. The topological polar surface area (TPSA) is 9.23 Å². The van der Waals surface area contributed by atoms with Crippen LogP contribution in [0.4, 0.5) is 0 Å². The highest BCUT2D eigenvalue weighted by Gasteiger charge is 2.30. The maximum atomic E-state index is 5.55. The molecular formula is C8H20OP+. The van der Waals surface area contributed by atoms with Gasteiger partial charge in [-0.3, -0.25) is 0 Å². The first-order chi connectivity index (χ1) is 4.54. The predicted octanol–water partition coefficient (Wildman–Crippen LogP) is 2.67. The summed E-state index contributed by atoms with van der Waals surface area (Å²) in [6, 6.07) is 0. The maximum absolute atomic E-state index is 5.55. The van der Waals surface area contributed by atoms with Gasteiger partial charge < -0.3 is 4.74 Å². The zero-order chi connectivity index (χ0) is 8.20. The van der Waals surface area contributed by atoms with Gasteiger partial charge >= 0.3 is 0 Å². The first kappa shape index (κ1) is 10.4. The summed E-state index contributed by atoms with van der Waals surface area (Å²) in [5.41, 5.74) is 0. The van der Waals surface area contributed by atoms with E-state index in [0.29, 0.717) is 5.85 Å². The molecule has 0 N–H and O–H groups in total. The Morgan fingerprint density at radius 1 is 1.30 bits per heavy atom. The second kappa shape index (κ2) is 4.31. The summed E-state index contributed by atoms with van der Waals surface area (Å²) in [5.74, 6) is 0.488. The summed E-state index contributed by atoms with van der Waals surface area (Å²) >= 11 is 0. The van der Waals surface area contributed by atoms with E-state index in [-0.39, 0.29) is 0 Å². The molecule has 0 aromatic rings. The summed E-state index contributed by atoms with van der Waals surface area (Å²) in [7, 11) is -0.753. The van der Waals surface area contributed by atoms with Gasteiger partial charge in [-0.05, 0) is 20.8 Å². The SMILES string of the molecule is CCOC(C)[P+](C)(C)CC. The number of hydrogen-bond donors (Lipinski definition) is 0. The van der Waals surface area contributed by atoms with Gasteiger partial charge in [0.05, 0.1) is 19.5 Å². The van der Waals surface area contributed by atoms with Crippen LogP contribution in [0.3, 0.4) is 0 Å². The Morgan fingerprint density at radius 3 is 2.10 bits per heavy atom. The molecule has 62 valence electrons. The van der Waals surface area contributed by atoms with Gasteiger partial charge in [-0.1, -0.05) is 0 Å². The standard InChI is InChI=1S/C8H20OP/c1-6-9-8(3)10(4,5)7-2/h8H,6-7H2,1-5H3/q+1. The zero-order valence-corrected chi connectivity index (χ0v) is 8.74. The van der Waals surface area contributed by atoms with Crippen molar-refractivity contribution in [1.82, 2.24) is 0 Å². The van der Waals surface area contributed by atoms with Gasteiger partial charge in [0.15, 0.2) is 5.85 Å². The molecule has 0 aliphatic heterocycles. The van der Waals surface area contributed by atoms with Gasteiger partial charge in [0.1, 0.15) is 0 Å². The molecule has 10 heavy (non-hydrogen) atoms. The molecule has 0 fully saturated rings. The van der Waals surface area contributed by atoms with Crippen LogP contribution >= 0.6 is 7.26 Å². The molecule has 1 unspecified atom stereocenters. The normalized spacial score (nSPS) is 15.3. The molecule has 0 aliphatic rings. The Kier molecular flexibility index (Phi) is 4.47. The van der Waals surface area contributed by atoms with Crippen molar-refractivity contribution in [3.63, 3.8) is 0 Å². The minimum absolute atomic E-state index is 0.488. The van der Waals surface area contributed by atoms with Crippen LogP contribution in [0.15, 0.2) is 0 Å². The van der Waals surface area contributed by atoms with Gasteiger partial charge in [0, 0.05) is 13.9 Å². The molecule has 0 bridgehead atoms. The van der Waals surface area contributed by atoms with Crippen LogP contribution in [-0.2, 0) is 4.74 Å². The molecule has 0 radical (unpaired) electrons. The fraction of sp³-hybridized carbons (Fsp3) is 1.00. The Balaban J connectivity index is 3.78. The highest BCUT2D eigenvalue weighted by molar-refractivity contribution is 7.74. The predicted molar refractivity (Wildman–Crippen MR) is 50.4 cm³/mol. The van der Waals surface area contributed by atoms with E-state index in [1.165, 1.54) is 6.16 Å². The second-order valence-electron chi connectivity index (χ2n) is 3.15. The summed E-state index contributed by atoms with van der Waals surface area (Å²) in [5, 5.41) is 0. The van der Waals surface area contributed by atoms with Crippen LogP contribution < -0.4 is 0 Å². The third kappa shape index (κ3) is 2.98. The molecule has 0 amide bonds. The van der Waals surface area contributed by atoms with Crippen molar-refractivity contribution in [3.05, 3.63) is 0 Å². The molecule has 0 aromatic heterocycles. The summed E-state index contributed by atoms with van der Waals surface area (Å²) in [6.07, 6.45) is 1.29. The van der Waals surface area contributed by atoms with Crippen molar-refractivity contribution >= 4 is 7.26 Å². The quantitative estimate of drug-likeness (QED) is 0.579. The van der Waals surface area contributed by atoms with Crippen LogP contribution in [0.5, 0.6) is 0 Å². The molecule has 0 saturated carbocycles. The number of rotatable bonds is 4. The van der Waals surface area contributed by atoms with E-state index in [4.69, 9.17) is 4.74 Å². The van der Waals surface area contributed by atoms with Crippen LogP contribution in [0.2, 0.25) is 0 Å². The smallest absolute Gasteiger partial charge is 0.163 e. The van der Waals surface area contributed by atoms with Gasteiger partial charge in [-0.2, -0.15) is 0 Å². The van der Waals surface area contributed by atoms with Crippen molar-refractivity contribution in [1.29, 1.82) is 0 Å². The van der Waals surface area contributed by atoms with Crippen LogP contribution in [0, 0.1) is 0 Å². The highest BCUT2D eigenvalue weighted by Crippen LogP contribution is 2.55. The summed E-state index contributed by atoms with van der Waals surface area (Å²) in [4.78, 5) is 0. The van der Waals surface area contributed by atoms with Gasteiger partial charge in [0.25, 0.3) is 0 Å². The molecule has 2 heteroatoms. The third-order valence-electron chi connectivity index (χ3n) is 2.21. The van der Waals surface area contributed by atoms with Crippen molar-refractivity contribution in [2.24, 2.45) is 0 Å². The average Bonchev–Trinajstić information content (AvgIpc) is 1.89. The van der Waals surface area contributed by atoms with Crippen molar-refractivity contribution < 1.29 is 4.74 Å². The van der Waals surface area contributed by atoms with E-state index in [0.717, 1.165) is 6.61 Å². The maximum Gasteiger partial charge on any atom is 0.163 e. The zero-order valence-electron chi connectivity index (χ0n) is 7.85. The largest absolute Gasteiger partial charge is 0.344 e. The monoisotopic (exact) mass is 163 g/mol. The van der Waals surface area contributed by atoms with Gasteiger partial charge in [-0.15, -0.1) is 0 Å². The fourth-order valence-corrected chi connectivity index (χ4v) is 1.77. The molecule has 0 heterocycles. The molecule has 1 nitrogen and oxygen atoms in total. The lowest BCUT2D eigenvalue weighted by Gasteiger charge is -2.23. The van der Waals surface area contributed by atoms with E-state index in [1.807, 2.05) is 0 Å². The van der Waals surface area contributed by atoms with Gasteiger partial charge in [-0.25, -0.2) is 0 Å². The second-order valence-corrected chi connectivity index (χ2v) is 8.07. The molecule has 0 spiro atoms. The first-order valence-corrected chi connectivity index (χ1v) is 6.92. The van der Waals surface area contributed by atoms with Gasteiger partial charge in [0.2, 0.25) is 0 Å². The highest BCUT2D eigenvalue weighted by atomic mass is 31.2. The van der Waals surface area contributed by atoms with Crippen molar-refractivity contribution in [3.8, 4) is 0 Å². The third-order valence-corrected chi connectivity index (χ3v) is 5.96. The molecule has 0 aromatic carbocycles. The molecule has 1 atom stereocenters. The molecular weight excluding hydrogens is 143 g/mol. The first-order valence-electron chi connectivity index (χ1n) is 3.98. The Bertz CT molecular complexity index is 91.3. The lowest BCUT2D eigenvalue weighted by atomic mass is 10.8. The Hall–Kier alpha value is 0.390. The van der Waals surface area contributed by atoms with E-state index in [9.17, 15) is 0 Å². The molecule has 0 rings (SSSR count). The van der Waals surface area contributed by atoms with E-state index >= 15 is 0 Å². The Labute approximate surface area is 65.5 Å². The molecule has 0 saturated heterocycles.